The molecule has 2 saturated heterocycles. The van der Waals surface area contributed by atoms with Crippen LogP contribution in [0.2, 0.25) is 0 Å². The summed E-state index contributed by atoms with van der Waals surface area (Å²) >= 11 is 0. The topological polar surface area (TPSA) is 78.6 Å². The van der Waals surface area contributed by atoms with E-state index in [2.05, 4.69) is 15.5 Å². The van der Waals surface area contributed by atoms with Gasteiger partial charge in [0.2, 0.25) is 5.89 Å². The molecule has 2 aliphatic heterocycles. The van der Waals surface area contributed by atoms with Gasteiger partial charge in [0.1, 0.15) is 6.10 Å². The summed E-state index contributed by atoms with van der Waals surface area (Å²) in [4.78, 5) is 0. The molecular formula is C13H21N3O4. The van der Waals surface area contributed by atoms with E-state index >= 15 is 0 Å². The van der Waals surface area contributed by atoms with E-state index in [0.717, 1.165) is 45.5 Å². The van der Waals surface area contributed by atoms with Crippen molar-refractivity contribution >= 4 is 6.01 Å². The van der Waals surface area contributed by atoms with Crippen molar-refractivity contribution in [1.29, 1.82) is 0 Å². The Morgan fingerprint density at radius 1 is 1.30 bits per heavy atom. The lowest BCUT2D eigenvalue weighted by atomic mass is 9.94. The van der Waals surface area contributed by atoms with E-state index in [1.165, 1.54) is 0 Å². The maximum Gasteiger partial charge on any atom is 0.315 e. The van der Waals surface area contributed by atoms with Crippen molar-refractivity contribution in [3.63, 3.8) is 0 Å². The van der Waals surface area contributed by atoms with Crippen LogP contribution < -0.4 is 5.32 Å². The van der Waals surface area contributed by atoms with Gasteiger partial charge in [0.25, 0.3) is 0 Å². The number of anilines is 1. The van der Waals surface area contributed by atoms with Gasteiger partial charge in [-0.3, -0.25) is 0 Å². The maximum absolute atomic E-state index is 5.65. The second-order valence-corrected chi connectivity index (χ2v) is 5.30. The molecule has 1 unspecified atom stereocenters. The first-order chi connectivity index (χ1) is 9.81. The molecule has 112 valence electrons. The van der Waals surface area contributed by atoms with E-state index in [9.17, 15) is 0 Å². The molecule has 7 heteroatoms. The van der Waals surface area contributed by atoms with Crippen LogP contribution in [0.1, 0.15) is 37.7 Å². The van der Waals surface area contributed by atoms with Crippen LogP contribution >= 0.6 is 0 Å². The van der Waals surface area contributed by atoms with E-state index in [1.807, 2.05) is 0 Å². The largest absolute Gasteiger partial charge is 0.405 e. The third-order valence-electron chi connectivity index (χ3n) is 4.04. The lowest BCUT2D eigenvalue weighted by molar-refractivity contribution is -0.0809. The first kappa shape index (κ1) is 13.8. The van der Waals surface area contributed by atoms with Gasteiger partial charge in [0.05, 0.1) is 5.60 Å². The summed E-state index contributed by atoms with van der Waals surface area (Å²) in [5.41, 5.74) is -0.212. The maximum atomic E-state index is 5.65. The minimum absolute atomic E-state index is 0.0440. The van der Waals surface area contributed by atoms with Crippen molar-refractivity contribution < 1.29 is 18.6 Å². The molecule has 2 fully saturated rings. The van der Waals surface area contributed by atoms with Crippen LogP contribution in [0.3, 0.4) is 0 Å². The Kier molecular flexibility index (Phi) is 4.18. The fourth-order valence-corrected chi connectivity index (χ4v) is 2.64. The molecule has 7 nitrogen and oxygen atoms in total. The molecular weight excluding hydrogens is 262 g/mol. The zero-order chi connectivity index (χ0) is 13.8. The van der Waals surface area contributed by atoms with Crippen LogP contribution in [0, 0.1) is 0 Å². The smallest absolute Gasteiger partial charge is 0.315 e. The van der Waals surface area contributed by atoms with Gasteiger partial charge in [0.15, 0.2) is 0 Å². The van der Waals surface area contributed by atoms with Gasteiger partial charge in [-0.15, -0.1) is 5.10 Å². The molecule has 1 aromatic rings. The van der Waals surface area contributed by atoms with E-state index < -0.39 is 0 Å². The van der Waals surface area contributed by atoms with Gasteiger partial charge in [-0.25, -0.2) is 0 Å². The Morgan fingerprint density at radius 3 is 2.85 bits per heavy atom. The van der Waals surface area contributed by atoms with E-state index in [1.54, 1.807) is 7.11 Å². The van der Waals surface area contributed by atoms with Crippen LogP contribution in [0.4, 0.5) is 6.01 Å². The highest BCUT2D eigenvalue weighted by molar-refractivity contribution is 5.19. The highest BCUT2D eigenvalue weighted by atomic mass is 16.5. The van der Waals surface area contributed by atoms with Crippen LogP contribution in [0.25, 0.3) is 0 Å². The van der Waals surface area contributed by atoms with Crippen molar-refractivity contribution in [2.45, 2.75) is 37.4 Å². The normalized spacial score (nSPS) is 25.8. The first-order valence-corrected chi connectivity index (χ1v) is 7.13. The fraction of sp³-hybridized carbons (Fsp3) is 0.846. The minimum Gasteiger partial charge on any atom is -0.405 e. The summed E-state index contributed by atoms with van der Waals surface area (Å²) in [7, 11) is 1.73. The quantitative estimate of drug-likeness (QED) is 0.877. The van der Waals surface area contributed by atoms with E-state index in [-0.39, 0.29) is 11.7 Å². The molecule has 1 aromatic heterocycles. The van der Waals surface area contributed by atoms with Crippen molar-refractivity contribution in [1.82, 2.24) is 10.2 Å². The third-order valence-corrected chi connectivity index (χ3v) is 4.04. The van der Waals surface area contributed by atoms with Gasteiger partial charge in [-0.2, -0.15) is 0 Å². The average molecular weight is 283 g/mol. The lowest BCUT2D eigenvalue weighted by Gasteiger charge is -2.35. The number of nitrogens with one attached hydrogen (secondary N) is 1. The van der Waals surface area contributed by atoms with Crippen molar-refractivity contribution in [3.05, 3.63) is 5.89 Å². The summed E-state index contributed by atoms with van der Waals surface area (Å²) < 4.78 is 22.2. The highest BCUT2D eigenvalue weighted by Crippen LogP contribution is 2.29. The molecule has 0 aromatic carbocycles. The van der Waals surface area contributed by atoms with Crippen molar-refractivity contribution in [2.24, 2.45) is 0 Å². The Bertz CT molecular complexity index is 425. The average Bonchev–Trinajstić information content (AvgIpc) is 3.17. The van der Waals surface area contributed by atoms with Gasteiger partial charge in [-0.1, -0.05) is 5.10 Å². The molecule has 3 rings (SSSR count). The van der Waals surface area contributed by atoms with E-state index in [4.69, 9.17) is 18.6 Å². The number of methoxy groups -OCH3 is 1. The number of nitrogens with zero attached hydrogens (tertiary/aromatic N) is 2. The second-order valence-electron chi connectivity index (χ2n) is 5.30. The number of rotatable bonds is 5. The molecule has 1 atom stereocenters. The van der Waals surface area contributed by atoms with Crippen LogP contribution in [-0.4, -0.2) is 49.3 Å². The Morgan fingerprint density at radius 2 is 2.15 bits per heavy atom. The van der Waals surface area contributed by atoms with Crippen molar-refractivity contribution in [3.8, 4) is 0 Å². The van der Waals surface area contributed by atoms with E-state index in [0.29, 0.717) is 18.5 Å². The van der Waals surface area contributed by atoms with Gasteiger partial charge < -0.3 is 23.9 Å². The molecule has 0 saturated carbocycles. The first-order valence-electron chi connectivity index (χ1n) is 7.13. The summed E-state index contributed by atoms with van der Waals surface area (Å²) in [5, 5.41) is 11.2. The zero-order valence-electron chi connectivity index (χ0n) is 11.8. The predicted octanol–water partition coefficient (Wildman–Crippen LogP) is 1.53. The molecule has 0 bridgehead atoms. The van der Waals surface area contributed by atoms with Crippen LogP contribution in [0.15, 0.2) is 4.42 Å². The zero-order valence-corrected chi connectivity index (χ0v) is 11.8. The molecule has 1 N–H and O–H groups in total. The predicted molar refractivity (Wildman–Crippen MR) is 70.5 cm³/mol. The van der Waals surface area contributed by atoms with Gasteiger partial charge >= 0.3 is 6.01 Å². The highest BCUT2D eigenvalue weighted by Gasteiger charge is 2.33. The third kappa shape index (κ3) is 2.94. The lowest BCUT2D eigenvalue weighted by Crippen LogP contribution is -2.44. The molecule has 20 heavy (non-hydrogen) atoms. The number of ether oxygens (including phenoxy) is 3. The summed E-state index contributed by atoms with van der Waals surface area (Å²) in [5.74, 6) is 0.559. The van der Waals surface area contributed by atoms with Gasteiger partial charge in [-0.05, 0) is 12.8 Å². The SMILES string of the molecule is COC1(CNc2nnc(C3CCCO3)o2)CCOCC1. The summed E-state index contributed by atoms with van der Waals surface area (Å²) in [6, 6.07) is 0.429. The van der Waals surface area contributed by atoms with Crippen LogP contribution in [0.5, 0.6) is 0 Å². The Hall–Kier alpha value is -1.18. The standard InChI is InChI=1S/C13H21N3O4/c1-17-13(4-7-18-8-5-13)9-14-12-16-15-11(20-12)10-3-2-6-19-10/h10H,2-9H2,1H3,(H,14,16). The number of aromatic nitrogens is 2. The summed E-state index contributed by atoms with van der Waals surface area (Å²) in [6.07, 6.45) is 3.67. The van der Waals surface area contributed by atoms with Crippen molar-refractivity contribution in [2.75, 3.05) is 38.8 Å². The second kappa shape index (κ2) is 6.07. The molecule has 0 spiro atoms. The van der Waals surface area contributed by atoms with Gasteiger partial charge in [0, 0.05) is 46.3 Å². The molecule has 0 radical (unpaired) electrons. The molecule has 2 aliphatic rings. The Balaban J connectivity index is 1.57. The van der Waals surface area contributed by atoms with Crippen LogP contribution in [-0.2, 0) is 14.2 Å². The number of hydrogen-bond acceptors (Lipinski definition) is 7. The fourth-order valence-electron chi connectivity index (χ4n) is 2.64. The molecule has 0 amide bonds. The Labute approximate surface area is 118 Å². The minimum atomic E-state index is -0.212. The molecule has 0 aliphatic carbocycles. The molecule has 3 heterocycles. The number of hydrogen-bond donors (Lipinski definition) is 1. The summed E-state index contributed by atoms with van der Waals surface area (Å²) in [6.45, 7) is 2.85. The monoisotopic (exact) mass is 283 g/mol.